The van der Waals surface area contributed by atoms with Crippen LogP contribution >= 0.6 is 0 Å². The first-order valence-electron chi connectivity index (χ1n) is 6.91. The minimum absolute atomic E-state index is 0.0384. The second-order valence-electron chi connectivity index (χ2n) is 4.82. The van der Waals surface area contributed by atoms with Gasteiger partial charge >= 0.3 is 0 Å². The Hall–Kier alpha value is -1.13. The van der Waals surface area contributed by atoms with Crippen LogP contribution in [0.5, 0.6) is 5.75 Å². The van der Waals surface area contributed by atoms with Gasteiger partial charge < -0.3 is 15.2 Å². The van der Waals surface area contributed by atoms with E-state index in [-0.39, 0.29) is 12.1 Å². The molecule has 4 nitrogen and oxygen atoms in total. The number of pyridine rings is 1. The summed E-state index contributed by atoms with van der Waals surface area (Å²) in [4.78, 5) is 4.49. The third-order valence-electron chi connectivity index (χ3n) is 3.44. The minimum atomic E-state index is -0.0384. The summed E-state index contributed by atoms with van der Waals surface area (Å²) in [5.41, 5.74) is 9.36. The Kier molecular flexibility index (Phi) is 6.25. The Bertz CT molecular complexity index is 407. The monoisotopic (exact) mass is 266 g/mol. The summed E-state index contributed by atoms with van der Waals surface area (Å²) in [5, 5.41) is 0. The van der Waals surface area contributed by atoms with Crippen LogP contribution in [0.3, 0.4) is 0 Å². The van der Waals surface area contributed by atoms with E-state index in [1.54, 1.807) is 7.11 Å². The Morgan fingerprint density at radius 1 is 1.32 bits per heavy atom. The van der Waals surface area contributed by atoms with Crippen molar-refractivity contribution < 1.29 is 9.47 Å². The Labute approximate surface area is 116 Å². The number of aromatic nitrogens is 1. The Morgan fingerprint density at radius 2 is 2.00 bits per heavy atom. The molecule has 0 saturated heterocycles. The highest BCUT2D eigenvalue weighted by molar-refractivity contribution is 5.41. The molecule has 0 bridgehead atoms. The summed E-state index contributed by atoms with van der Waals surface area (Å²) in [5.74, 6) is 0.904. The predicted octanol–water partition coefficient (Wildman–Crippen LogP) is 2.39. The van der Waals surface area contributed by atoms with E-state index < -0.39 is 0 Å². The van der Waals surface area contributed by atoms with Crippen LogP contribution in [0.1, 0.15) is 37.1 Å². The summed E-state index contributed by atoms with van der Waals surface area (Å²) in [6.45, 7) is 8.81. The van der Waals surface area contributed by atoms with Crippen LogP contribution in [0.15, 0.2) is 6.20 Å². The minimum Gasteiger partial charge on any atom is -0.496 e. The van der Waals surface area contributed by atoms with Crippen molar-refractivity contribution in [3.63, 3.8) is 0 Å². The first kappa shape index (κ1) is 15.9. The molecule has 0 aliphatic rings. The lowest BCUT2D eigenvalue weighted by molar-refractivity contribution is 0.0415. The molecule has 0 saturated carbocycles. The third kappa shape index (κ3) is 3.91. The van der Waals surface area contributed by atoms with E-state index in [0.717, 1.165) is 29.0 Å². The van der Waals surface area contributed by atoms with E-state index in [0.29, 0.717) is 13.0 Å². The highest BCUT2D eigenvalue weighted by Gasteiger charge is 2.19. The lowest BCUT2D eigenvalue weighted by Crippen LogP contribution is -2.38. The summed E-state index contributed by atoms with van der Waals surface area (Å²) >= 11 is 0. The van der Waals surface area contributed by atoms with Crippen molar-refractivity contribution in [3.05, 3.63) is 23.0 Å². The Morgan fingerprint density at radius 3 is 2.53 bits per heavy atom. The molecule has 2 N–H and O–H groups in total. The van der Waals surface area contributed by atoms with Crippen LogP contribution in [0.2, 0.25) is 0 Å². The fourth-order valence-corrected chi connectivity index (χ4v) is 2.39. The lowest BCUT2D eigenvalue weighted by atomic mass is 10.00. The van der Waals surface area contributed by atoms with E-state index in [2.05, 4.69) is 11.9 Å². The molecule has 0 aliphatic heterocycles. The van der Waals surface area contributed by atoms with Gasteiger partial charge in [-0.05, 0) is 27.2 Å². The van der Waals surface area contributed by atoms with Crippen molar-refractivity contribution in [1.82, 2.24) is 4.98 Å². The zero-order valence-corrected chi connectivity index (χ0v) is 12.7. The molecular weight excluding hydrogens is 240 g/mol. The van der Waals surface area contributed by atoms with Crippen molar-refractivity contribution >= 4 is 0 Å². The smallest absolute Gasteiger partial charge is 0.128 e. The first-order valence-corrected chi connectivity index (χ1v) is 6.91. The van der Waals surface area contributed by atoms with Gasteiger partial charge in [-0.15, -0.1) is 0 Å². The number of hydrogen-bond donors (Lipinski definition) is 1. The summed E-state index contributed by atoms with van der Waals surface area (Å²) in [7, 11) is 1.69. The van der Waals surface area contributed by atoms with Crippen molar-refractivity contribution in [1.29, 1.82) is 0 Å². The fraction of sp³-hybridized carbons (Fsp3) is 0.667. The van der Waals surface area contributed by atoms with Crippen LogP contribution in [-0.4, -0.2) is 30.8 Å². The molecule has 0 radical (unpaired) electrons. The molecule has 19 heavy (non-hydrogen) atoms. The van der Waals surface area contributed by atoms with Gasteiger partial charge in [-0.25, -0.2) is 0 Å². The van der Waals surface area contributed by atoms with E-state index in [4.69, 9.17) is 15.2 Å². The number of nitrogens with two attached hydrogens (primary N) is 1. The van der Waals surface area contributed by atoms with Gasteiger partial charge in [0, 0.05) is 42.1 Å². The molecule has 1 rings (SSSR count). The molecule has 108 valence electrons. The zero-order valence-electron chi connectivity index (χ0n) is 12.7. The quantitative estimate of drug-likeness (QED) is 0.823. The largest absolute Gasteiger partial charge is 0.496 e. The molecular formula is C15H26N2O2. The summed E-state index contributed by atoms with van der Waals surface area (Å²) in [6, 6.07) is -0.0384. The average molecular weight is 266 g/mol. The first-order chi connectivity index (χ1) is 9.04. The van der Waals surface area contributed by atoms with Gasteiger partial charge in [-0.1, -0.05) is 6.92 Å². The van der Waals surface area contributed by atoms with Crippen molar-refractivity contribution in [3.8, 4) is 5.75 Å². The van der Waals surface area contributed by atoms with E-state index >= 15 is 0 Å². The topological polar surface area (TPSA) is 57.4 Å². The maximum atomic E-state index is 6.24. The summed E-state index contributed by atoms with van der Waals surface area (Å²) < 4.78 is 11.1. The molecule has 0 fully saturated rings. The molecule has 1 aromatic rings. The van der Waals surface area contributed by atoms with E-state index in [9.17, 15) is 0 Å². The zero-order chi connectivity index (χ0) is 14.4. The third-order valence-corrected chi connectivity index (χ3v) is 3.44. The number of rotatable bonds is 7. The lowest BCUT2D eigenvalue weighted by Gasteiger charge is -2.23. The molecule has 0 aromatic carbocycles. The molecule has 0 spiro atoms. The fourth-order valence-electron chi connectivity index (χ4n) is 2.39. The SMILES string of the molecule is CCOC(CC)C(N)Cc1ncc(C)c(OC)c1C. The molecule has 2 unspecified atom stereocenters. The van der Waals surface area contributed by atoms with Crippen LogP contribution in [0.25, 0.3) is 0 Å². The second-order valence-corrected chi connectivity index (χ2v) is 4.82. The molecule has 1 aromatic heterocycles. The van der Waals surface area contributed by atoms with Crippen molar-refractivity contribution in [2.45, 2.75) is 52.7 Å². The normalized spacial score (nSPS) is 14.2. The van der Waals surface area contributed by atoms with Crippen molar-refractivity contribution in [2.75, 3.05) is 13.7 Å². The van der Waals surface area contributed by atoms with Crippen LogP contribution < -0.4 is 10.5 Å². The maximum absolute atomic E-state index is 6.24. The number of aryl methyl sites for hydroxylation is 1. The highest BCUT2D eigenvalue weighted by Crippen LogP contribution is 2.25. The van der Waals surface area contributed by atoms with Gasteiger partial charge in [0.05, 0.1) is 13.2 Å². The van der Waals surface area contributed by atoms with Gasteiger partial charge in [0.2, 0.25) is 0 Å². The molecule has 0 aliphatic carbocycles. The standard InChI is InChI=1S/C15H26N2O2/c1-6-14(19-7-2)12(16)8-13-11(4)15(18-5)10(3)9-17-13/h9,12,14H,6-8,16H2,1-5H3. The number of nitrogens with zero attached hydrogens (tertiary/aromatic N) is 1. The van der Waals surface area contributed by atoms with Crippen LogP contribution in [0, 0.1) is 13.8 Å². The van der Waals surface area contributed by atoms with Gasteiger partial charge in [0.1, 0.15) is 5.75 Å². The average Bonchev–Trinajstić information content (AvgIpc) is 2.39. The van der Waals surface area contributed by atoms with Crippen molar-refractivity contribution in [2.24, 2.45) is 5.73 Å². The maximum Gasteiger partial charge on any atom is 0.128 e. The highest BCUT2D eigenvalue weighted by atomic mass is 16.5. The molecule has 2 atom stereocenters. The van der Waals surface area contributed by atoms with Crippen LogP contribution in [0.4, 0.5) is 0 Å². The number of ether oxygens (including phenoxy) is 2. The predicted molar refractivity (Wildman–Crippen MR) is 77.6 cm³/mol. The number of hydrogen-bond acceptors (Lipinski definition) is 4. The van der Waals surface area contributed by atoms with E-state index in [1.807, 2.05) is 27.0 Å². The van der Waals surface area contributed by atoms with Gasteiger partial charge in [-0.3, -0.25) is 4.98 Å². The molecule has 1 heterocycles. The summed E-state index contributed by atoms with van der Waals surface area (Å²) in [6.07, 6.45) is 3.55. The van der Waals surface area contributed by atoms with Crippen LogP contribution in [-0.2, 0) is 11.2 Å². The van der Waals surface area contributed by atoms with Gasteiger partial charge in [0.25, 0.3) is 0 Å². The number of methoxy groups -OCH3 is 1. The molecule has 0 amide bonds. The van der Waals surface area contributed by atoms with Gasteiger partial charge in [0.15, 0.2) is 0 Å². The van der Waals surface area contributed by atoms with Gasteiger partial charge in [-0.2, -0.15) is 0 Å². The second kappa shape index (κ2) is 7.46. The Balaban J connectivity index is 2.87. The van der Waals surface area contributed by atoms with E-state index in [1.165, 1.54) is 0 Å². The molecule has 4 heteroatoms.